The van der Waals surface area contributed by atoms with Crippen LogP contribution in [0.1, 0.15) is 23.1 Å². The van der Waals surface area contributed by atoms with Crippen LogP contribution in [-0.4, -0.2) is 52.2 Å². The van der Waals surface area contributed by atoms with Crippen LogP contribution in [0, 0.1) is 12.7 Å². The van der Waals surface area contributed by atoms with Crippen molar-refractivity contribution >= 4 is 11.9 Å². The molecule has 7 nitrogen and oxygen atoms in total. The molecule has 1 amide bonds. The summed E-state index contributed by atoms with van der Waals surface area (Å²) in [6.07, 6.45) is 2.18. The number of piperazine rings is 1. The second-order valence-corrected chi connectivity index (χ2v) is 7.05. The summed E-state index contributed by atoms with van der Waals surface area (Å²) in [5.41, 5.74) is 1.62. The van der Waals surface area contributed by atoms with Crippen molar-refractivity contribution in [3.8, 4) is 0 Å². The molecule has 3 aromatic rings. The van der Waals surface area contributed by atoms with Gasteiger partial charge in [0.05, 0.1) is 5.92 Å². The quantitative estimate of drug-likeness (QED) is 0.661. The fourth-order valence-corrected chi connectivity index (χ4v) is 3.52. The molecule has 0 N–H and O–H groups in total. The zero-order valence-corrected chi connectivity index (χ0v) is 16.2. The molecule has 1 aliphatic rings. The number of hydrogen-bond acceptors (Lipinski definition) is 6. The molecular formula is C21H22FN5O2. The summed E-state index contributed by atoms with van der Waals surface area (Å²) in [6, 6.07) is 12.3. The second kappa shape index (κ2) is 8.38. The standard InChI is InChI=1S/C21H22FN5O2/c1-15-24-25-21(29-15)27-12-10-26(11-13-27)20(28)19(14-18-4-2-3-9-23-18)16-5-7-17(22)8-6-16/h2-9,19H,10-14H2,1H3. The van der Waals surface area contributed by atoms with Crippen molar-refractivity contribution in [3.63, 3.8) is 0 Å². The molecule has 1 atom stereocenters. The molecule has 0 aliphatic carbocycles. The van der Waals surface area contributed by atoms with Crippen LogP contribution < -0.4 is 4.90 Å². The average molecular weight is 395 g/mol. The number of rotatable bonds is 5. The van der Waals surface area contributed by atoms with Gasteiger partial charge in [-0.15, -0.1) is 5.10 Å². The number of aromatic nitrogens is 3. The Hall–Kier alpha value is -3.29. The number of amides is 1. The van der Waals surface area contributed by atoms with E-state index in [9.17, 15) is 9.18 Å². The Morgan fingerprint density at radius 3 is 2.48 bits per heavy atom. The lowest BCUT2D eigenvalue weighted by Crippen LogP contribution is -2.50. The van der Waals surface area contributed by atoms with Crippen molar-refractivity contribution in [2.45, 2.75) is 19.3 Å². The summed E-state index contributed by atoms with van der Waals surface area (Å²) in [7, 11) is 0. The molecule has 1 saturated heterocycles. The van der Waals surface area contributed by atoms with Crippen LogP contribution in [0.2, 0.25) is 0 Å². The Bertz CT molecular complexity index is 953. The molecule has 0 saturated carbocycles. The third kappa shape index (κ3) is 4.42. The third-order valence-electron chi connectivity index (χ3n) is 5.09. The van der Waals surface area contributed by atoms with Gasteiger partial charge in [0.25, 0.3) is 0 Å². The van der Waals surface area contributed by atoms with E-state index in [1.807, 2.05) is 28.0 Å². The van der Waals surface area contributed by atoms with Gasteiger partial charge in [-0.05, 0) is 29.8 Å². The number of benzene rings is 1. The number of anilines is 1. The van der Waals surface area contributed by atoms with E-state index in [0.717, 1.165) is 11.3 Å². The number of aryl methyl sites for hydroxylation is 1. The summed E-state index contributed by atoms with van der Waals surface area (Å²) in [5.74, 6) is -0.196. The average Bonchev–Trinajstić information content (AvgIpc) is 3.19. The van der Waals surface area contributed by atoms with Crippen molar-refractivity contribution in [2.24, 2.45) is 0 Å². The Morgan fingerprint density at radius 2 is 1.86 bits per heavy atom. The molecule has 8 heteroatoms. The van der Waals surface area contributed by atoms with Gasteiger partial charge < -0.3 is 14.2 Å². The van der Waals surface area contributed by atoms with Crippen LogP contribution in [-0.2, 0) is 11.2 Å². The topological polar surface area (TPSA) is 75.4 Å². The van der Waals surface area contributed by atoms with E-state index < -0.39 is 5.92 Å². The fourth-order valence-electron chi connectivity index (χ4n) is 3.52. The van der Waals surface area contributed by atoms with E-state index in [4.69, 9.17) is 4.42 Å². The van der Waals surface area contributed by atoms with Gasteiger partial charge in [0.2, 0.25) is 11.8 Å². The number of pyridine rings is 1. The maximum atomic E-state index is 13.4. The van der Waals surface area contributed by atoms with Crippen LogP contribution in [0.4, 0.5) is 10.4 Å². The summed E-state index contributed by atoms with van der Waals surface area (Å²) in [5, 5.41) is 7.91. The summed E-state index contributed by atoms with van der Waals surface area (Å²) in [4.78, 5) is 21.6. The van der Waals surface area contributed by atoms with Crippen molar-refractivity contribution < 1.29 is 13.6 Å². The van der Waals surface area contributed by atoms with Crippen molar-refractivity contribution in [1.29, 1.82) is 0 Å². The molecule has 1 unspecified atom stereocenters. The molecule has 1 aliphatic heterocycles. The number of carbonyl (C=O) groups is 1. The summed E-state index contributed by atoms with van der Waals surface area (Å²) >= 11 is 0. The fraction of sp³-hybridized carbons (Fsp3) is 0.333. The minimum atomic E-state index is -0.414. The van der Waals surface area contributed by atoms with Crippen LogP contribution in [0.15, 0.2) is 53.1 Å². The lowest BCUT2D eigenvalue weighted by atomic mass is 9.92. The molecule has 0 radical (unpaired) electrons. The minimum Gasteiger partial charge on any atom is -0.408 e. The van der Waals surface area contributed by atoms with Crippen LogP contribution in [0.5, 0.6) is 0 Å². The lowest BCUT2D eigenvalue weighted by molar-refractivity contribution is -0.133. The van der Waals surface area contributed by atoms with E-state index in [2.05, 4.69) is 15.2 Å². The lowest BCUT2D eigenvalue weighted by Gasteiger charge is -2.35. The molecule has 4 rings (SSSR count). The maximum Gasteiger partial charge on any atom is 0.318 e. The van der Waals surface area contributed by atoms with Gasteiger partial charge in [-0.1, -0.05) is 23.3 Å². The van der Waals surface area contributed by atoms with Gasteiger partial charge in [-0.3, -0.25) is 9.78 Å². The SMILES string of the molecule is Cc1nnc(N2CCN(C(=O)C(Cc3ccccn3)c3ccc(F)cc3)CC2)o1. The largest absolute Gasteiger partial charge is 0.408 e. The highest BCUT2D eigenvalue weighted by Crippen LogP contribution is 2.25. The van der Waals surface area contributed by atoms with Gasteiger partial charge in [0.1, 0.15) is 5.82 Å². The zero-order chi connectivity index (χ0) is 20.2. The van der Waals surface area contributed by atoms with Gasteiger partial charge in [0, 0.05) is 51.4 Å². The third-order valence-corrected chi connectivity index (χ3v) is 5.09. The molecule has 0 spiro atoms. The Morgan fingerprint density at radius 1 is 1.10 bits per heavy atom. The highest BCUT2D eigenvalue weighted by Gasteiger charge is 2.30. The van der Waals surface area contributed by atoms with Gasteiger partial charge in [-0.2, -0.15) is 0 Å². The summed E-state index contributed by atoms with van der Waals surface area (Å²) in [6.45, 7) is 4.10. The van der Waals surface area contributed by atoms with Crippen molar-refractivity contribution in [2.75, 3.05) is 31.1 Å². The van der Waals surface area contributed by atoms with E-state index in [0.29, 0.717) is 44.5 Å². The first-order chi connectivity index (χ1) is 14.1. The van der Waals surface area contributed by atoms with Crippen LogP contribution >= 0.6 is 0 Å². The summed E-state index contributed by atoms with van der Waals surface area (Å²) < 4.78 is 18.9. The molecule has 1 aromatic carbocycles. The van der Waals surface area contributed by atoms with E-state index in [1.54, 1.807) is 25.3 Å². The number of carbonyl (C=O) groups excluding carboxylic acids is 1. The monoisotopic (exact) mass is 395 g/mol. The molecule has 3 heterocycles. The first kappa shape index (κ1) is 19.0. The molecule has 2 aromatic heterocycles. The Kier molecular flexibility index (Phi) is 5.50. The Labute approximate surface area is 168 Å². The van der Waals surface area contributed by atoms with E-state index >= 15 is 0 Å². The highest BCUT2D eigenvalue weighted by atomic mass is 19.1. The molecule has 29 heavy (non-hydrogen) atoms. The minimum absolute atomic E-state index is 0.0172. The Balaban J connectivity index is 1.49. The molecular weight excluding hydrogens is 373 g/mol. The zero-order valence-electron chi connectivity index (χ0n) is 16.2. The van der Waals surface area contributed by atoms with Crippen molar-refractivity contribution in [3.05, 3.63) is 71.6 Å². The molecule has 150 valence electrons. The predicted octanol–water partition coefficient (Wildman–Crippen LogP) is 2.59. The normalized spacial score (nSPS) is 15.4. The van der Waals surface area contributed by atoms with Gasteiger partial charge in [-0.25, -0.2) is 4.39 Å². The van der Waals surface area contributed by atoms with Crippen LogP contribution in [0.25, 0.3) is 0 Å². The molecule has 0 bridgehead atoms. The second-order valence-electron chi connectivity index (χ2n) is 7.05. The van der Waals surface area contributed by atoms with E-state index in [-0.39, 0.29) is 11.7 Å². The molecule has 1 fully saturated rings. The van der Waals surface area contributed by atoms with Gasteiger partial charge >= 0.3 is 6.01 Å². The number of nitrogens with zero attached hydrogens (tertiary/aromatic N) is 5. The number of halogens is 1. The maximum absolute atomic E-state index is 13.4. The number of hydrogen-bond donors (Lipinski definition) is 0. The smallest absolute Gasteiger partial charge is 0.318 e. The van der Waals surface area contributed by atoms with Crippen molar-refractivity contribution in [1.82, 2.24) is 20.1 Å². The van der Waals surface area contributed by atoms with Gasteiger partial charge in [0.15, 0.2) is 0 Å². The van der Waals surface area contributed by atoms with Crippen LogP contribution in [0.3, 0.4) is 0 Å². The predicted molar refractivity (Wildman–Crippen MR) is 105 cm³/mol. The first-order valence-electron chi connectivity index (χ1n) is 9.59. The van der Waals surface area contributed by atoms with E-state index in [1.165, 1.54) is 12.1 Å². The highest BCUT2D eigenvalue weighted by molar-refractivity contribution is 5.84. The first-order valence-corrected chi connectivity index (χ1v) is 9.59.